The number of alkyl halides is 3. The van der Waals surface area contributed by atoms with Gasteiger partial charge in [-0.3, -0.25) is 9.30 Å². The van der Waals surface area contributed by atoms with E-state index >= 15 is 0 Å². The van der Waals surface area contributed by atoms with Crippen LogP contribution in [0.5, 0.6) is 0 Å². The summed E-state index contributed by atoms with van der Waals surface area (Å²) in [6.07, 6.45) is -2.00. The predicted octanol–water partition coefficient (Wildman–Crippen LogP) is 6.15. The van der Waals surface area contributed by atoms with Crippen molar-refractivity contribution < 1.29 is 18.0 Å². The average molecular weight is 603 g/mol. The number of benzene rings is 3. The fourth-order valence-corrected chi connectivity index (χ4v) is 5.87. The highest BCUT2D eigenvalue weighted by molar-refractivity contribution is 6.10. The predicted molar refractivity (Wildman–Crippen MR) is 167 cm³/mol. The zero-order valence-electron chi connectivity index (χ0n) is 24.4. The van der Waals surface area contributed by atoms with Crippen LogP contribution in [0.25, 0.3) is 27.5 Å². The second-order valence-electron chi connectivity index (χ2n) is 11.0. The molecule has 1 aliphatic rings. The molecule has 1 aliphatic heterocycles. The molecule has 3 heterocycles. The van der Waals surface area contributed by atoms with Crippen LogP contribution in [0.2, 0.25) is 0 Å². The van der Waals surface area contributed by atoms with Crippen molar-refractivity contribution in [3.05, 3.63) is 83.9 Å². The van der Waals surface area contributed by atoms with Crippen molar-refractivity contribution in [3.63, 3.8) is 0 Å². The highest BCUT2D eigenvalue weighted by Crippen LogP contribution is 2.37. The summed E-state index contributed by atoms with van der Waals surface area (Å²) >= 11 is 0. The highest BCUT2D eigenvalue weighted by Gasteiger charge is 2.30. The van der Waals surface area contributed by atoms with Crippen LogP contribution in [0.4, 0.5) is 35.2 Å². The number of rotatable bonds is 6. The van der Waals surface area contributed by atoms with Gasteiger partial charge in [-0.1, -0.05) is 43.3 Å². The Morgan fingerprint density at radius 3 is 2.64 bits per heavy atom. The number of imidazole rings is 1. The van der Waals surface area contributed by atoms with Crippen LogP contribution in [0.15, 0.2) is 66.9 Å². The van der Waals surface area contributed by atoms with Crippen molar-refractivity contribution in [1.82, 2.24) is 24.6 Å². The lowest BCUT2D eigenvalue weighted by Gasteiger charge is -2.32. The van der Waals surface area contributed by atoms with Gasteiger partial charge in [-0.05, 0) is 36.6 Å². The number of nitrogens with two attached hydrogens (primary N) is 1. The third-order valence-electron chi connectivity index (χ3n) is 7.86. The number of aryl methyl sites for hydroxylation is 1. The lowest BCUT2D eigenvalue weighted by molar-refractivity contribution is -0.137. The van der Waals surface area contributed by atoms with Gasteiger partial charge in [0.1, 0.15) is 22.9 Å². The number of halogens is 3. The van der Waals surface area contributed by atoms with Gasteiger partial charge in [-0.25, -0.2) is 14.8 Å². The number of carbonyl (C=O) groups is 1. The third kappa shape index (κ3) is 5.78. The Labute approximate surface area is 252 Å². The molecule has 0 saturated carbocycles. The van der Waals surface area contributed by atoms with Crippen molar-refractivity contribution in [3.8, 4) is 11.3 Å². The maximum atomic E-state index is 13.1. The van der Waals surface area contributed by atoms with Gasteiger partial charge in [-0.2, -0.15) is 13.2 Å². The summed E-state index contributed by atoms with van der Waals surface area (Å²) in [6.45, 7) is 7.72. The molecule has 2 aromatic heterocycles. The van der Waals surface area contributed by atoms with Crippen LogP contribution in [0.3, 0.4) is 0 Å². The molecule has 1 fully saturated rings. The van der Waals surface area contributed by atoms with Gasteiger partial charge >= 0.3 is 12.2 Å². The number of nitrogens with one attached hydrogen (secondary N) is 3. The lowest BCUT2D eigenvalue weighted by Crippen LogP contribution is -2.48. The Morgan fingerprint density at radius 1 is 1.09 bits per heavy atom. The fourth-order valence-electron chi connectivity index (χ4n) is 5.87. The molecule has 0 unspecified atom stereocenters. The lowest BCUT2D eigenvalue weighted by atomic mass is 10.00. The van der Waals surface area contributed by atoms with E-state index in [2.05, 4.69) is 44.1 Å². The van der Waals surface area contributed by atoms with E-state index in [1.807, 2.05) is 36.5 Å². The van der Waals surface area contributed by atoms with E-state index in [9.17, 15) is 18.0 Å². The van der Waals surface area contributed by atoms with Crippen molar-refractivity contribution in [2.45, 2.75) is 39.0 Å². The zero-order valence-corrected chi connectivity index (χ0v) is 24.4. The number of amides is 2. The third-order valence-corrected chi connectivity index (χ3v) is 7.86. The minimum atomic E-state index is -4.52. The first-order valence-corrected chi connectivity index (χ1v) is 14.5. The number of hydrogen-bond acceptors (Lipinski definition) is 6. The van der Waals surface area contributed by atoms with Gasteiger partial charge in [0.05, 0.1) is 23.1 Å². The van der Waals surface area contributed by atoms with E-state index in [-0.39, 0.29) is 5.69 Å². The molecular formula is C32H33F3N8O. The number of nitrogens with zero attached hydrogens (tertiary/aromatic N) is 4. The number of urea groups is 1. The first kappa shape index (κ1) is 29.4. The normalized spacial score (nSPS) is 16.0. The Hall–Kier alpha value is -4.68. The second-order valence-corrected chi connectivity index (χ2v) is 11.0. The topological polar surface area (TPSA) is 113 Å². The molecule has 1 atom stereocenters. The number of hydrogen-bond donors (Lipinski definition) is 4. The molecular weight excluding hydrogens is 569 g/mol. The molecule has 5 N–H and O–H groups in total. The standard InChI is InChI=1S/C32H33F3N8O/c1-3-27-41-28(29-30(36)38-16-22(43(27)29)18-42-14-13-37-19(2)17-42)25-11-12-26(24-10-5-4-9-23(24)25)40-31(44)39-21-8-6-7-20(15-21)32(33,34)35/h4-12,15-16,19,37H,3,13-14,17-18H2,1-2H3,(H2,36,38)(H2,39,40,44)/t19-/m0/s1. The largest absolute Gasteiger partial charge is 0.416 e. The van der Waals surface area contributed by atoms with Crippen LogP contribution in [0, 0.1) is 0 Å². The van der Waals surface area contributed by atoms with E-state index < -0.39 is 17.8 Å². The molecule has 0 bridgehead atoms. The summed E-state index contributed by atoms with van der Waals surface area (Å²) in [6, 6.07) is 15.4. The molecule has 6 rings (SSSR count). The summed E-state index contributed by atoms with van der Waals surface area (Å²) in [4.78, 5) is 24.9. The molecule has 3 aromatic carbocycles. The Bertz CT molecular complexity index is 1850. The van der Waals surface area contributed by atoms with Gasteiger partial charge in [0.15, 0.2) is 0 Å². The summed E-state index contributed by atoms with van der Waals surface area (Å²) in [5.74, 6) is 1.24. The molecule has 228 valence electrons. The van der Waals surface area contributed by atoms with Crippen molar-refractivity contribution in [1.29, 1.82) is 0 Å². The number of nitrogen functional groups attached to an aromatic ring is 1. The zero-order chi connectivity index (χ0) is 31.0. The van der Waals surface area contributed by atoms with Crippen LogP contribution >= 0.6 is 0 Å². The minimum absolute atomic E-state index is 0.0314. The van der Waals surface area contributed by atoms with Gasteiger partial charge < -0.3 is 21.7 Å². The van der Waals surface area contributed by atoms with Crippen molar-refractivity contribution >= 4 is 39.5 Å². The molecule has 0 radical (unpaired) electrons. The Kier molecular flexibility index (Phi) is 7.87. The molecule has 9 nitrogen and oxygen atoms in total. The van der Waals surface area contributed by atoms with Crippen LogP contribution in [-0.2, 0) is 19.1 Å². The fraction of sp³-hybridized carbons (Fsp3) is 0.281. The number of aromatic nitrogens is 3. The van der Waals surface area contributed by atoms with E-state index in [4.69, 9.17) is 10.7 Å². The molecule has 0 spiro atoms. The molecule has 1 saturated heterocycles. The van der Waals surface area contributed by atoms with Crippen molar-refractivity contribution in [2.24, 2.45) is 0 Å². The highest BCUT2D eigenvalue weighted by atomic mass is 19.4. The first-order valence-electron chi connectivity index (χ1n) is 14.5. The first-order chi connectivity index (χ1) is 21.1. The van der Waals surface area contributed by atoms with E-state index in [1.165, 1.54) is 12.1 Å². The number of anilines is 3. The summed E-state index contributed by atoms with van der Waals surface area (Å²) < 4.78 is 41.5. The van der Waals surface area contributed by atoms with Crippen LogP contribution < -0.4 is 21.7 Å². The SMILES string of the molecule is CCc1nc(-c2ccc(NC(=O)Nc3cccc(C(F)(F)F)c3)c3ccccc23)c2c(N)ncc(CN3CCN[C@@H](C)C3)n12. The average Bonchev–Trinajstić information content (AvgIpc) is 3.39. The van der Waals surface area contributed by atoms with Crippen molar-refractivity contribution in [2.75, 3.05) is 36.0 Å². The number of carbonyl (C=O) groups excluding carboxylic acids is 1. The summed E-state index contributed by atoms with van der Waals surface area (Å²) in [5, 5.41) is 10.3. The monoisotopic (exact) mass is 602 g/mol. The Balaban J connectivity index is 1.36. The maximum Gasteiger partial charge on any atom is 0.416 e. The Morgan fingerprint density at radius 2 is 1.89 bits per heavy atom. The smallest absolute Gasteiger partial charge is 0.382 e. The van der Waals surface area contributed by atoms with E-state index in [0.29, 0.717) is 36.2 Å². The second kappa shape index (κ2) is 11.8. The molecule has 2 amide bonds. The number of fused-ring (bicyclic) bond motifs is 2. The molecule has 44 heavy (non-hydrogen) atoms. The van der Waals surface area contributed by atoms with E-state index in [0.717, 1.165) is 65.1 Å². The summed E-state index contributed by atoms with van der Waals surface area (Å²) in [7, 11) is 0. The van der Waals surface area contributed by atoms with Gasteiger partial charge in [0.2, 0.25) is 0 Å². The maximum absolute atomic E-state index is 13.1. The summed E-state index contributed by atoms with van der Waals surface area (Å²) in [5.41, 5.74) is 9.44. The van der Waals surface area contributed by atoms with E-state index in [1.54, 1.807) is 6.07 Å². The van der Waals surface area contributed by atoms with Crippen LogP contribution in [-0.4, -0.2) is 51.0 Å². The minimum Gasteiger partial charge on any atom is -0.382 e. The molecule has 0 aliphatic carbocycles. The van der Waals surface area contributed by atoms with Gasteiger partial charge in [-0.15, -0.1) is 0 Å². The van der Waals surface area contributed by atoms with Crippen LogP contribution in [0.1, 0.15) is 30.9 Å². The quantitative estimate of drug-likeness (QED) is 0.186. The molecule has 5 aromatic rings. The van der Waals surface area contributed by atoms with Gasteiger partial charge in [0.25, 0.3) is 0 Å². The van der Waals surface area contributed by atoms with Gasteiger partial charge in [0, 0.05) is 55.3 Å². The molecule has 12 heteroatoms. The number of piperazine rings is 1.